The van der Waals surface area contributed by atoms with Crippen LogP contribution in [0.25, 0.3) is 0 Å². The number of hydrogen-bond donors (Lipinski definition) is 5. The van der Waals surface area contributed by atoms with Gasteiger partial charge in [0.25, 0.3) is 0 Å². The molecule has 1 aliphatic rings. The molecule has 0 heterocycles. The van der Waals surface area contributed by atoms with E-state index in [1.54, 1.807) is 0 Å². The molecule has 0 spiro atoms. The van der Waals surface area contributed by atoms with Crippen LogP contribution < -0.4 is 0 Å². The summed E-state index contributed by atoms with van der Waals surface area (Å²) in [5.74, 6) is -1.08. The Bertz CT molecular complexity index is 174. The summed E-state index contributed by atoms with van der Waals surface area (Å²) in [6.07, 6.45) is -8.85. The first-order valence-electron chi connectivity index (χ1n) is 3.41. The largest absolute Gasteiger partial charge is 0.387 e. The Morgan fingerprint density at radius 1 is 0.750 bits per heavy atom. The molecule has 0 bridgehead atoms. The first-order chi connectivity index (χ1) is 5.46. The third-order valence-electron chi connectivity index (χ3n) is 1.93. The third kappa shape index (κ3) is 1.23. The Labute approximate surface area is 67.7 Å². The highest BCUT2D eigenvalue weighted by molar-refractivity contribution is 5.89. The van der Waals surface area contributed by atoms with Crippen LogP contribution in [0, 0.1) is 0 Å². The zero-order chi connectivity index (χ0) is 9.46. The first-order valence-corrected chi connectivity index (χ1v) is 3.41. The fraction of sp³-hybridized carbons (Fsp3) is 0.833. The third-order valence-corrected chi connectivity index (χ3v) is 1.93. The minimum atomic E-state index is -1.83. The van der Waals surface area contributed by atoms with Crippen molar-refractivity contribution in [2.75, 3.05) is 0 Å². The van der Waals surface area contributed by atoms with Gasteiger partial charge in [-0.05, 0) is 0 Å². The lowest BCUT2D eigenvalue weighted by Gasteiger charge is -2.34. The van der Waals surface area contributed by atoms with Crippen molar-refractivity contribution >= 4 is 5.78 Å². The van der Waals surface area contributed by atoms with Gasteiger partial charge in [0.05, 0.1) is 0 Å². The molecule has 5 atom stereocenters. The van der Waals surface area contributed by atoms with Gasteiger partial charge in [-0.3, -0.25) is 4.79 Å². The van der Waals surface area contributed by atoms with Crippen molar-refractivity contribution in [3.05, 3.63) is 0 Å². The van der Waals surface area contributed by atoms with Crippen LogP contribution in [0.5, 0.6) is 0 Å². The maximum atomic E-state index is 10.8. The quantitative estimate of drug-likeness (QED) is 0.261. The number of Topliss-reactive ketones (excluding diaryl/α,β-unsaturated/α-hetero) is 1. The molecule has 6 heteroatoms. The van der Waals surface area contributed by atoms with E-state index in [0.717, 1.165) is 0 Å². The van der Waals surface area contributed by atoms with Gasteiger partial charge < -0.3 is 25.5 Å². The van der Waals surface area contributed by atoms with Crippen LogP contribution in [-0.2, 0) is 4.79 Å². The number of aliphatic hydroxyl groups excluding tert-OH is 5. The number of carbonyl (C=O) groups is 1. The molecule has 1 aliphatic carbocycles. The monoisotopic (exact) mass is 178 g/mol. The van der Waals surface area contributed by atoms with Gasteiger partial charge in [-0.1, -0.05) is 0 Å². The highest BCUT2D eigenvalue weighted by Crippen LogP contribution is 2.17. The van der Waals surface area contributed by atoms with Crippen LogP contribution in [0.4, 0.5) is 0 Å². The number of aliphatic hydroxyl groups is 5. The summed E-state index contributed by atoms with van der Waals surface area (Å²) in [5, 5.41) is 44.5. The Morgan fingerprint density at radius 3 is 1.42 bits per heavy atom. The SMILES string of the molecule is O=C1C(O)C(O)C(O)C(O)[C@H]1O. The minimum Gasteiger partial charge on any atom is -0.387 e. The Hall–Kier alpha value is -0.530. The highest BCUT2D eigenvalue weighted by atomic mass is 16.4. The molecule has 1 rings (SSSR count). The van der Waals surface area contributed by atoms with E-state index in [-0.39, 0.29) is 0 Å². The Morgan fingerprint density at radius 2 is 1.08 bits per heavy atom. The first kappa shape index (κ1) is 9.56. The molecular weight excluding hydrogens is 168 g/mol. The maximum absolute atomic E-state index is 10.8. The van der Waals surface area contributed by atoms with E-state index in [9.17, 15) is 4.79 Å². The topological polar surface area (TPSA) is 118 Å². The van der Waals surface area contributed by atoms with Crippen LogP contribution in [0.2, 0.25) is 0 Å². The summed E-state index contributed by atoms with van der Waals surface area (Å²) in [6, 6.07) is 0. The average molecular weight is 178 g/mol. The minimum absolute atomic E-state index is 1.08. The van der Waals surface area contributed by atoms with Crippen molar-refractivity contribution in [2.24, 2.45) is 0 Å². The van der Waals surface area contributed by atoms with E-state index in [4.69, 9.17) is 25.5 Å². The van der Waals surface area contributed by atoms with E-state index in [2.05, 4.69) is 0 Å². The molecular formula is C6H10O6. The van der Waals surface area contributed by atoms with Crippen LogP contribution in [0.1, 0.15) is 0 Å². The second-order valence-corrected chi connectivity index (χ2v) is 2.76. The van der Waals surface area contributed by atoms with Gasteiger partial charge in [-0.25, -0.2) is 0 Å². The molecule has 0 amide bonds. The van der Waals surface area contributed by atoms with E-state index >= 15 is 0 Å². The summed E-state index contributed by atoms with van der Waals surface area (Å²) in [4.78, 5) is 10.8. The molecule has 0 saturated heterocycles. The Kier molecular flexibility index (Phi) is 2.45. The molecule has 5 N–H and O–H groups in total. The van der Waals surface area contributed by atoms with E-state index in [1.165, 1.54) is 0 Å². The Balaban J connectivity index is 2.83. The molecule has 0 aromatic rings. The summed E-state index contributed by atoms with van der Waals surface area (Å²) in [6.45, 7) is 0. The van der Waals surface area contributed by atoms with Crippen molar-refractivity contribution < 1.29 is 30.3 Å². The van der Waals surface area contributed by atoms with Gasteiger partial charge in [0.1, 0.15) is 30.5 Å². The van der Waals surface area contributed by atoms with Gasteiger partial charge in [0.2, 0.25) is 0 Å². The molecule has 70 valence electrons. The van der Waals surface area contributed by atoms with E-state index in [0.29, 0.717) is 0 Å². The van der Waals surface area contributed by atoms with Crippen molar-refractivity contribution in [1.29, 1.82) is 0 Å². The van der Waals surface area contributed by atoms with Crippen molar-refractivity contribution in [3.63, 3.8) is 0 Å². The summed E-state index contributed by atoms with van der Waals surface area (Å²) in [5.41, 5.74) is 0. The highest BCUT2D eigenvalue weighted by Gasteiger charge is 2.47. The molecule has 12 heavy (non-hydrogen) atoms. The normalized spacial score (nSPS) is 49.4. The number of carbonyl (C=O) groups excluding carboxylic acids is 1. The second-order valence-electron chi connectivity index (χ2n) is 2.76. The smallest absolute Gasteiger partial charge is 0.195 e. The lowest BCUT2D eigenvalue weighted by molar-refractivity contribution is -0.185. The molecule has 0 radical (unpaired) electrons. The summed E-state index contributed by atoms with van der Waals surface area (Å²) >= 11 is 0. The molecule has 6 nitrogen and oxygen atoms in total. The van der Waals surface area contributed by atoms with Gasteiger partial charge in [-0.15, -0.1) is 0 Å². The van der Waals surface area contributed by atoms with Crippen molar-refractivity contribution in [2.45, 2.75) is 30.5 Å². The number of ketones is 1. The zero-order valence-corrected chi connectivity index (χ0v) is 6.03. The molecule has 0 aromatic carbocycles. The predicted octanol–water partition coefficient (Wildman–Crippen LogP) is -3.63. The molecule has 1 fully saturated rings. The average Bonchev–Trinajstić information content (AvgIpc) is 2.08. The molecule has 4 unspecified atom stereocenters. The van der Waals surface area contributed by atoms with Gasteiger partial charge in [0, 0.05) is 0 Å². The van der Waals surface area contributed by atoms with Gasteiger partial charge >= 0.3 is 0 Å². The fourth-order valence-electron chi connectivity index (χ4n) is 1.09. The van der Waals surface area contributed by atoms with Crippen molar-refractivity contribution in [3.8, 4) is 0 Å². The van der Waals surface area contributed by atoms with Crippen LogP contribution in [-0.4, -0.2) is 61.8 Å². The standard InChI is InChI=1S/C6H10O6/c7-1-2(8)4(10)6(12)5(11)3(1)9/h1-5,7-11H/t1?,2?,3?,4-,5?/m1/s1. The van der Waals surface area contributed by atoms with E-state index < -0.39 is 36.3 Å². The van der Waals surface area contributed by atoms with Gasteiger partial charge in [-0.2, -0.15) is 0 Å². The lowest BCUT2D eigenvalue weighted by Crippen LogP contribution is -2.61. The summed E-state index contributed by atoms with van der Waals surface area (Å²) < 4.78 is 0. The molecule has 0 aliphatic heterocycles. The van der Waals surface area contributed by atoms with Crippen LogP contribution in [0.3, 0.4) is 0 Å². The summed E-state index contributed by atoms with van der Waals surface area (Å²) in [7, 11) is 0. The van der Waals surface area contributed by atoms with Crippen LogP contribution >= 0.6 is 0 Å². The lowest BCUT2D eigenvalue weighted by atomic mass is 9.86. The second kappa shape index (κ2) is 3.08. The molecule has 0 aromatic heterocycles. The maximum Gasteiger partial charge on any atom is 0.195 e. The number of hydrogen-bond acceptors (Lipinski definition) is 6. The number of rotatable bonds is 0. The van der Waals surface area contributed by atoms with Crippen molar-refractivity contribution in [1.82, 2.24) is 0 Å². The van der Waals surface area contributed by atoms with Crippen LogP contribution in [0.15, 0.2) is 0 Å². The van der Waals surface area contributed by atoms with E-state index in [1.807, 2.05) is 0 Å². The zero-order valence-electron chi connectivity index (χ0n) is 6.03. The molecule has 1 saturated carbocycles. The van der Waals surface area contributed by atoms with Gasteiger partial charge in [0.15, 0.2) is 5.78 Å². The predicted molar refractivity (Wildman–Crippen MR) is 35.0 cm³/mol. The fourth-order valence-corrected chi connectivity index (χ4v) is 1.09.